The van der Waals surface area contributed by atoms with Crippen LogP contribution in [-0.2, 0) is 27.8 Å². The molecular weight excluding hydrogens is 524 g/mol. The van der Waals surface area contributed by atoms with Crippen molar-refractivity contribution in [2.24, 2.45) is 0 Å². The molecule has 0 radical (unpaired) electrons. The summed E-state index contributed by atoms with van der Waals surface area (Å²) in [5.74, 6) is -0.327. The van der Waals surface area contributed by atoms with E-state index in [0.717, 1.165) is 34.9 Å². The number of rotatable bonds is 7. The van der Waals surface area contributed by atoms with E-state index in [1.54, 1.807) is 36.4 Å². The van der Waals surface area contributed by atoms with Crippen LogP contribution in [0.5, 0.6) is 0 Å². The van der Waals surface area contributed by atoms with Crippen LogP contribution in [0.4, 0.5) is 0 Å². The molecule has 172 valence electrons. The number of halogens is 2. The molecule has 0 saturated heterocycles. The van der Waals surface area contributed by atoms with Gasteiger partial charge in [0.2, 0.25) is 15.9 Å². The van der Waals surface area contributed by atoms with Crippen molar-refractivity contribution in [3.05, 3.63) is 99.0 Å². The van der Waals surface area contributed by atoms with Gasteiger partial charge < -0.3 is 5.32 Å². The van der Waals surface area contributed by atoms with Gasteiger partial charge in [-0.2, -0.15) is 4.31 Å². The molecule has 0 saturated carbocycles. The maximum Gasteiger partial charge on any atom is 0.243 e. The maximum absolute atomic E-state index is 13.4. The number of aryl methyl sites for hydroxylation is 1. The number of carbonyl (C=O) groups is 1. The van der Waals surface area contributed by atoms with Gasteiger partial charge in [0.25, 0.3) is 0 Å². The van der Waals surface area contributed by atoms with Crippen LogP contribution in [0.25, 0.3) is 0 Å². The van der Waals surface area contributed by atoms with Crippen LogP contribution in [0.15, 0.2) is 82.2 Å². The minimum atomic E-state index is -3.90. The summed E-state index contributed by atoms with van der Waals surface area (Å²) in [5, 5.41) is 3.62. The molecule has 3 aromatic carbocycles. The molecule has 0 aromatic heterocycles. The minimum Gasteiger partial charge on any atom is -0.348 e. The fourth-order valence-electron chi connectivity index (χ4n) is 4.08. The van der Waals surface area contributed by atoms with Crippen molar-refractivity contribution >= 4 is 43.5 Å². The van der Waals surface area contributed by atoms with Crippen LogP contribution in [-0.4, -0.2) is 25.2 Å². The summed E-state index contributed by atoms with van der Waals surface area (Å²) in [6, 6.07) is 21.3. The zero-order valence-electron chi connectivity index (χ0n) is 17.9. The van der Waals surface area contributed by atoms with E-state index in [1.165, 1.54) is 22.0 Å². The minimum absolute atomic E-state index is 0.0598. The summed E-state index contributed by atoms with van der Waals surface area (Å²) in [5.41, 5.74) is 3.09. The van der Waals surface area contributed by atoms with E-state index in [2.05, 4.69) is 27.3 Å². The molecule has 3 aromatic rings. The maximum atomic E-state index is 13.4. The molecule has 1 atom stereocenters. The largest absolute Gasteiger partial charge is 0.348 e. The Kier molecular flexibility index (Phi) is 7.54. The van der Waals surface area contributed by atoms with E-state index in [-0.39, 0.29) is 29.9 Å². The highest BCUT2D eigenvalue weighted by Gasteiger charge is 2.29. The lowest BCUT2D eigenvalue weighted by Gasteiger charge is -2.28. The van der Waals surface area contributed by atoms with Crippen LogP contribution < -0.4 is 5.32 Å². The number of hydrogen-bond donors (Lipinski definition) is 1. The SMILES string of the molecule is O=C(CN(Cc1ccc(Cl)cc1)S(=O)(=O)c1ccc(Br)cc1)NC1CCCc2ccccc21. The first-order valence-corrected chi connectivity index (χ1v) is 13.3. The molecule has 0 aliphatic heterocycles. The van der Waals surface area contributed by atoms with Crippen molar-refractivity contribution in [3.63, 3.8) is 0 Å². The van der Waals surface area contributed by atoms with Gasteiger partial charge in [-0.05, 0) is 72.4 Å². The van der Waals surface area contributed by atoms with Crippen molar-refractivity contribution in [2.45, 2.75) is 36.7 Å². The lowest BCUT2D eigenvalue weighted by Crippen LogP contribution is -2.42. The number of nitrogens with one attached hydrogen (secondary N) is 1. The summed E-state index contributed by atoms with van der Waals surface area (Å²) in [4.78, 5) is 13.2. The molecule has 0 heterocycles. The highest BCUT2D eigenvalue weighted by Crippen LogP contribution is 2.29. The Morgan fingerprint density at radius 2 is 1.73 bits per heavy atom. The predicted octanol–water partition coefficient (Wildman–Crippen LogP) is 5.49. The molecule has 0 spiro atoms. The van der Waals surface area contributed by atoms with Crippen LogP contribution in [0, 0.1) is 0 Å². The number of carbonyl (C=O) groups excluding carboxylic acids is 1. The second-order valence-corrected chi connectivity index (χ2v) is 11.4. The van der Waals surface area contributed by atoms with Crippen molar-refractivity contribution in [1.82, 2.24) is 9.62 Å². The van der Waals surface area contributed by atoms with Crippen LogP contribution in [0.3, 0.4) is 0 Å². The molecule has 1 unspecified atom stereocenters. The molecule has 0 bridgehead atoms. The summed E-state index contributed by atoms with van der Waals surface area (Å²) < 4.78 is 28.9. The normalized spacial score (nSPS) is 15.8. The Balaban J connectivity index is 1.57. The van der Waals surface area contributed by atoms with Gasteiger partial charge in [-0.1, -0.05) is 63.9 Å². The second kappa shape index (κ2) is 10.4. The van der Waals surface area contributed by atoms with Crippen molar-refractivity contribution in [2.75, 3.05) is 6.54 Å². The number of sulfonamides is 1. The zero-order chi connectivity index (χ0) is 23.4. The van der Waals surface area contributed by atoms with Gasteiger partial charge in [-0.3, -0.25) is 4.79 Å². The third-order valence-corrected chi connectivity index (χ3v) is 8.33. The highest BCUT2D eigenvalue weighted by molar-refractivity contribution is 9.10. The smallest absolute Gasteiger partial charge is 0.243 e. The average molecular weight is 548 g/mol. The Labute approximate surface area is 207 Å². The fraction of sp³-hybridized carbons (Fsp3) is 0.240. The van der Waals surface area contributed by atoms with E-state index < -0.39 is 10.0 Å². The Morgan fingerprint density at radius 3 is 2.45 bits per heavy atom. The monoisotopic (exact) mass is 546 g/mol. The predicted molar refractivity (Wildman–Crippen MR) is 133 cm³/mol. The van der Waals surface area contributed by atoms with Gasteiger partial charge in [-0.15, -0.1) is 0 Å². The molecule has 1 amide bonds. The lowest BCUT2D eigenvalue weighted by atomic mass is 9.88. The second-order valence-electron chi connectivity index (χ2n) is 8.06. The standard InChI is InChI=1S/C25H24BrClN2O3S/c26-20-10-14-22(15-11-20)33(31,32)29(16-18-8-12-21(27)13-9-18)17-25(30)28-24-7-3-5-19-4-1-2-6-23(19)24/h1-2,4,6,8-15,24H,3,5,7,16-17H2,(H,28,30). The van der Waals surface area contributed by atoms with Crippen molar-refractivity contribution in [3.8, 4) is 0 Å². The Morgan fingerprint density at radius 1 is 1.03 bits per heavy atom. The number of nitrogens with zero attached hydrogens (tertiary/aromatic N) is 1. The first-order chi connectivity index (χ1) is 15.8. The first kappa shape index (κ1) is 24.0. The van der Waals surface area contributed by atoms with Gasteiger partial charge in [0.15, 0.2) is 0 Å². The van der Waals surface area contributed by atoms with Crippen molar-refractivity contribution in [1.29, 1.82) is 0 Å². The topological polar surface area (TPSA) is 66.5 Å². The quantitative estimate of drug-likeness (QED) is 0.426. The van der Waals surface area contributed by atoms with Gasteiger partial charge in [0.05, 0.1) is 17.5 Å². The number of amides is 1. The van der Waals surface area contributed by atoms with E-state index in [0.29, 0.717) is 5.02 Å². The fourth-order valence-corrected chi connectivity index (χ4v) is 5.85. The van der Waals surface area contributed by atoms with Crippen molar-refractivity contribution < 1.29 is 13.2 Å². The van der Waals surface area contributed by atoms with Crippen LogP contribution in [0.1, 0.15) is 35.6 Å². The Hall–Kier alpha value is -2.19. The van der Waals surface area contributed by atoms with Gasteiger partial charge in [0.1, 0.15) is 0 Å². The van der Waals surface area contributed by atoms with E-state index in [9.17, 15) is 13.2 Å². The van der Waals surface area contributed by atoms with Crippen LogP contribution in [0.2, 0.25) is 5.02 Å². The van der Waals surface area contributed by atoms with Gasteiger partial charge in [-0.25, -0.2) is 8.42 Å². The van der Waals surface area contributed by atoms with E-state index in [4.69, 9.17) is 11.6 Å². The highest BCUT2D eigenvalue weighted by atomic mass is 79.9. The summed E-state index contributed by atoms with van der Waals surface area (Å²) >= 11 is 9.32. The molecule has 1 aliphatic rings. The van der Waals surface area contributed by atoms with Gasteiger partial charge in [0, 0.05) is 16.0 Å². The summed E-state index contributed by atoms with van der Waals surface area (Å²) in [7, 11) is -3.90. The Bertz CT molecular complexity index is 1230. The van der Waals surface area contributed by atoms with Gasteiger partial charge >= 0.3 is 0 Å². The molecule has 8 heteroatoms. The van der Waals surface area contributed by atoms with Crippen LogP contribution >= 0.6 is 27.5 Å². The summed E-state index contributed by atoms with van der Waals surface area (Å²) in [6.07, 6.45) is 2.80. The molecule has 1 aliphatic carbocycles. The molecular formula is C25H24BrClN2O3S. The number of hydrogen-bond acceptors (Lipinski definition) is 3. The van der Waals surface area contributed by atoms with E-state index in [1.807, 2.05) is 18.2 Å². The average Bonchev–Trinajstić information content (AvgIpc) is 2.80. The van der Waals surface area contributed by atoms with E-state index >= 15 is 0 Å². The lowest BCUT2D eigenvalue weighted by molar-refractivity contribution is -0.122. The first-order valence-electron chi connectivity index (χ1n) is 10.7. The molecule has 5 nitrogen and oxygen atoms in total. The molecule has 33 heavy (non-hydrogen) atoms. The molecule has 1 N–H and O–H groups in total. The molecule has 4 rings (SSSR count). The number of fused-ring (bicyclic) bond motifs is 1. The summed E-state index contributed by atoms with van der Waals surface area (Å²) in [6.45, 7) is -0.218. The zero-order valence-corrected chi connectivity index (χ0v) is 21.0. The third-order valence-electron chi connectivity index (χ3n) is 5.75. The third kappa shape index (κ3) is 5.84. The molecule has 0 fully saturated rings. The number of benzene rings is 3.